The summed E-state index contributed by atoms with van der Waals surface area (Å²) in [5, 5.41) is 2.90. The van der Waals surface area contributed by atoms with Crippen LogP contribution in [0.3, 0.4) is 0 Å². The number of amides is 1. The van der Waals surface area contributed by atoms with E-state index in [-0.39, 0.29) is 17.8 Å². The van der Waals surface area contributed by atoms with Crippen LogP contribution in [-0.2, 0) is 4.79 Å². The maximum Gasteiger partial charge on any atom is 0.261 e. The monoisotopic (exact) mass is 329 g/mol. The molecule has 24 heavy (non-hydrogen) atoms. The fraction of sp³-hybridized carbons (Fsp3) is 0.350. The van der Waals surface area contributed by atoms with E-state index < -0.39 is 6.10 Å². The molecule has 1 amide bonds. The molecule has 0 aliphatic carbocycles. The summed E-state index contributed by atoms with van der Waals surface area (Å²) in [5.41, 5.74) is 4.11. The van der Waals surface area contributed by atoms with Gasteiger partial charge in [0.15, 0.2) is 6.10 Å². The van der Waals surface area contributed by atoms with Gasteiger partial charge in [0.1, 0.15) is 11.6 Å². The molecule has 0 heterocycles. The van der Waals surface area contributed by atoms with Crippen molar-refractivity contribution in [2.45, 2.75) is 46.8 Å². The van der Waals surface area contributed by atoms with Crippen LogP contribution in [0.5, 0.6) is 5.75 Å². The Balaban J connectivity index is 2.03. The molecule has 3 nitrogen and oxygen atoms in total. The summed E-state index contributed by atoms with van der Waals surface area (Å²) < 4.78 is 18.8. The zero-order valence-corrected chi connectivity index (χ0v) is 14.8. The van der Waals surface area contributed by atoms with E-state index in [0.717, 1.165) is 28.0 Å². The van der Waals surface area contributed by atoms with E-state index in [1.54, 1.807) is 19.1 Å². The minimum Gasteiger partial charge on any atom is -0.481 e. The maximum absolute atomic E-state index is 13.0. The van der Waals surface area contributed by atoms with Crippen LogP contribution in [0.4, 0.5) is 4.39 Å². The molecule has 0 aliphatic rings. The van der Waals surface area contributed by atoms with E-state index in [1.165, 1.54) is 12.1 Å². The lowest BCUT2D eigenvalue weighted by Gasteiger charge is -2.20. The van der Waals surface area contributed by atoms with Crippen LogP contribution >= 0.6 is 0 Å². The molecule has 1 N–H and O–H groups in total. The van der Waals surface area contributed by atoms with Gasteiger partial charge in [-0.05, 0) is 75.1 Å². The van der Waals surface area contributed by atoms with Crippen molar-refractivity contribution in [3.63, 3.8) is 0 Å². The van der Waals surface area contributed by atoms with Gasteiger partial charge in [-0.25, -0.2) is 4.39 Å². The van der Waals surface area contributed by atoms with E-state index in [4.69, 9.17) is 4.74 Å². The number of hydrogen-bond donors (Lipinski definition) is 1. The standard InChI is InChI=1S/C20H24FNO2/c1-12-10-13(2)14(3)19(11-12)24-16(5)20(23)22-15(4)17-6-8-18(21)9-7-17/h6-11,15-16H,1-5H3,(H,22,23)/t15-,16+/m1/s1. The Bertz CT molecular complexity index is 725. The molecule has 0 radical (unpaired) electrons. The molecular weight excluding hydrogens is 305 g/mol. The number of aryl methyl sites for hydroxylation is 2. The number of hydrogen-bond acceptors (Lipinski definition) is 2. The van der Waals surface area contributed by atoms with Crippen LogP contribution in [-0.4, -0.2) is 12.0 Å². The Morgan fingerprint density at radius 3 is 2.33 bits per heavy atom. The normalized spacial score (nSPS) is 13.2. The average molecular weight is 329 g/mol. The molecule has 2 aromatic rings. The lowest BCUT2D eigenvalue weighted by molar-refractivity contribution is -0.127. The molecule has 2 aromatic carbocycles. The van der Waals surface area contributed by atoms with E-state index in [9.17, 15) is 9.18 Å². The number of carbonyl (C=O) groups excluding carboxylic acids is 1. The van der Waals surface area contributed by atoms with Crippen molar-refractivity contribution in [3.8, 4) is 5.75 Å². The minimum atomic E-state index is -0.618. The molecule has 0 saturated heterocycles. The highest BCUT2D eigenvalue weighted by atomic mass is 19.1. The van der Waals surface area contributed by atoms with E-state index in [1.807, 2.05) is 33.8 Å². The Morgan fingerprint density at radius 2 is 1.71 bits per heavy atom. The van der Waals surface area contributed by atoms with Gasteiger partial charge < -0.3 is 10.1 Å². The van der Waals surface area contributed by atoms with Crippen LogP contribution in [0.25, 0.3) is 0 Å². The van der Waals surface area contributed by atoms with Gasteiger partial charge in [-0.15, -0.1) is 0 Å². The second kappa shape index (κ2) is 7.47. The third-order valence-corrected chi connectivity index (χ3v) is 4.17. The van der Waals surface area contributed by atoms with Crippen molar-refractivity contribution in [3.05, 3.63) is 64.5 Å². The van der Waals surface area contributed by atoms with Crippen LogP contribution in [0, 0.1) is 26.6 Å². The number of carbonyl (C=O) groups is 1. The van der Waals surface area contributed by atoms with Crippen molar-refractivity contribution in [1.29, 1.82) is 0 Å². The summed E-state index contributed by atoms with van der Waals surface area (Å²) in [5.74, 6) is 0.231. The fourth-order valence-electron chi connectivity index (χ4n) is 2.53. The number of halogens is 1. The third-order valence-electron chi connectivity index (χ3n) is 4.17. The molecule has 2 rings (SSSR count). The predicted octanol–water partition coefficient (Wildman–Crippen LogP) is 4.40. The van der Waals surface area contributed by atoms with Gasteiger partial charge in [-0.3, -0.25) is 4.79 Å². The van der Waals surface area contributed by atoms with Crippen LogP contribution in [0.1, 0.15) is 42.1 Å². The average Bonchev–Trinajstić information content (AvgIpc) is 2.52. The van der Waals surface area contributed by atoms with E-state index in [0.29, 0.717) is 0 Å². The zero-order valence-electron chi connectivity index (χ0n) is 14.8. The van der Waals surface area contributed by atoms with Gasteiger partial charge in [0, 0.05) is 0 Å². The molecule has 0 unspecified atom stereocenters. The van der Waals surface area contributed by atoms with Gasteiger partial charge in [0.2, 0.25) is 0 Å². The molecule has 0 spiro atoms. The summed E-state index contributed by atoms with van der Waals surface area (Å²) in [6, 6.07) is 9.91. The number of ether oxygens (including phenoxy) is 1. The molecule has 0 aliphatic heterocycles. The molecule has 4 heteroatoms. The van der Waals surface area contributed by atoms with Crippen molar-refractivity contribution >= 4 is 5.91 Å². The lowest BCUT2D eigenvalue weighted by Crippen LogP contribution is -2.37. The summed E-state index contributed by atoms with van der Waals surface area (Å²) in [6.07, 6.45) is -0.618. The van der Waals surface area contributed by atoms with Gasteiger partial charge >= 0.3 is 0 Å². The maximum atomic E-state index is 13.0. The van der Waals surface area contributed by atoms with E-state index >= 15 is 0 Å². The second-order valence-corrected chi connectivity index (χ2v) is 6.25. The minimum absolute atomic E-state index is 0.203. The second-order valence-electron chi connectivity index (χ2n) is 6.25. The molecule has 128 valence electrons. The van der Waals surface area contributed by atoms with Crippen LogP contribution < -0.4 is 10.1 Å². The van der Waals surface area contributed by atoms with Gasteiger partial charge in [-0.2, -0.15) is 0 Å². The van der Waals surface area contributed by atoms with Crippen LogP contribution in [0.2, 0.25) is 0 Å². The van der Waals surface area contributed by atoms with Gasteiger partial charge in [-0.1, -0.05) is 18.2 Å². The summed E-state index contributed by atoms with van der Waals surface area (Å²) in [7, 11) is 0. The van der Waals surface area contributed by atoms with E-state index in [2.05, 4.69) is 11.4 Å². The summed E-state index contributed by atoms with van der Waals surface area (Å²) in [4.78, 5) is 12.4. The Hall–Kier alpha value is -2.36. The van der Waals surface area contributed by atoms with Gasteiger partial charge in [0.05, 0.1) is 6.04 Å². The molecule has 0 aromatic heterocycles. The van der Waals surface area contributed by atoms with Crippen LogP contribution in [0.15, 0.2) is 36.4 Å². The molecule has 0 bridgehead atoms. The largest absolute Gasteiger partial charge is 0.481 e. The smallest absolute Gasteiger partial charge is 0.261 e. The molecule has 0 fully saturated rings. The van der Waals surface area contributed by atoms with Crippen molar-refractivity contribution in [2.75, 3.05) is 0 Å². The molecule has 0 saturated carbocycles. The first-order valence-electron chi connectivity index (χ1n) is 8.08. The summed E-state index contributed by atoms with van der Waals surface area (Å²) >= 11 is 0. The third kappa shape index (κ3) is 4.34. The SMILES string of the molecule is Cc1cc(C)c(C)c(O[C@@H](C)C(=O)N[C@H](C)c2ccc(F)cc2)c1. The Labute approximate surface area is 142 Å². The molecule has 2 atom stereocenters. The topological polar surface area (TPSA) is 38.3 Å². The van der Waals surface area contributed by atoms with Crippen molar-refractivity contribution in [2.24, 2.45) is 0 Å². The van der Waals surface area contributed by atoms with Gasteiger partial charge in [0.25, 0.3) is 5.91 Å². The Morgan fingerprint density at radius 1 is 1.08 bits per heavy atom. The Kier molecular flexibility index (Phi) is 5.60. The lowest BCUT2D eigenvalue weighted by atomic mass is 10.1. The first-order valence-corrected chi connectivity index (χ1v) is 8.08. The first kappa shape index (κ1) is 18.0. The zero-order chi connectivity index (χ0) is 17.9. The number of benzene rings is 2. The van der Waals surface area contributed by atoms with Crippen molar-refractivity contribution in [1.82, 2.24) is 5.32 Å². The fourth-order valence-corrected chi connectivity index (χ4v) is 2.53. The highest BCUT2D eigenvalue weighted by molar-refractivity contribution is 5.81. The number of rotatable bonds is 5. The highest BCUT2D eigenvalue weighted by Crippen LogP contribution is 2.24. The highest BCUT2D eigenvalue weighted by Gasteiger charge is 2.19. The quantitative estimate of drug-likeness (QED) is 0.883. The summed E-state index contributed by atoms with van der Waals surface area (Å²) in [6.45, 7) is 9.59. The predicted molar refractivity (Wildman–Crippen MR) is 93.7 cm³/mol. The first-order chi connectivity index (χ1) is 11.3. The van der Waals surface area contributed by atoms with Crippen molar-refractivity contribution < 1.29 is 13.9 Å². The number of nitrogens with one attached hydrogen (secondary N) is 1. The molecular formula is C20H24FNO2.